The number of nitrogens with zero attached hydrogens (tertiary/aromatic N) is 3. The summed E-state index contributed by atoms with van der Waals surface area (Å²) in [4.78, 5) is 34.0. The first-order valence-electron chi connectivity index (χ1n) is 9.18. The van der Waals surface area contributed by atoms with Crippen molar-refractivity contribution in [1.29, 1.82) is 0 Å². The maximum absolute atomic E-state index is 12.9. The Morgan fingerprint density at radius 2 is 2.19 bits per heavy atom. The summed E-state index contributed by atoms with van der Waals surface area (Å²) in [5, 5.41) is 0. The summed E-state index contributed by atoms with van der Waals surface area (Å²) in [6.45, 7) is 2.66. The number of amides is 1. The van der Waals surface area contributed by atoms with Crippen LogP contribution in [0.15, 0.2) is 21.5 Å². The van der Waals surface area contributed by atoms with Gasteiger partial charge >= 0.3 is 0 Å². The van der Waals surface area contributed by atoms with Gasteiger partial charge in [-0.3, -0.25) is 20.4 Å². The van der Waals surface area contributed by atoms with Gasteiger partial charge in [0.2, 0.25) is 11.7 Å². The van der Waals surface area contributed by atoms with E-state index in [1.165, 1.54) is 0 Å². The molecule has 0 aliphatic heterocycles. The number of hydrogen-bond donors (Lipinski definition) is 2. The summed E-state index contributed by atoms with van der Waals surface area (Å²) in [7, 11) is 0. The number of unbranched alkanes of at least 4 members (excludes halogenated alkanes) is 1. The largest absolute Gasteiger partial charge is 0.302 e. The van der Waals surface area contributed by atoms with Crippen LogP contribution >= 0.6 is 15.9 Å². The molecule has 138 valence electrons. The van der Waals surface area contributed by atoms with Crippen LogP contribution < -0.4 is 16.4 Å². The minimum absolute atomic E-state index is 0.0230. The first kappa shape index (κ1) is 17.5. The fourth-order valence-electron chi connectivity index (χ4n) is 3.55. The second-order valence-corrected chi connectivity index (χ2v) is 8.19. The second kappa shape index (κ2) is 6.64. The number of hydrazine groups is 1. The number of rotatable bonds is 7. The fraction of sp³-hybridized carbons (Fsp3) is 0.556. The molecule has 0 spiro atoms. The highest BCUT2D eigenvalue weighted by Gasteiger charge is 2.59. The third-order valence-corrected chi connectivity index (χ3v) is 5.83. The maximum atomic E-state index is 12.9. The quantitative estimate of drug-likeness (QED) is 0.673. The van der Waals surface area contributed by atoms with E-state index >= 15 is 0 Å². The molecule has 2 fully saturated rings. The average molecular weight is 420 g/mol. The van der Waals surface area contributed by atoms with E-state index in [4.69, 9.17) is 0 Å². The Balaban J connectivity index is 1.62. The van der Waals surface area contributed by atoms with Gasteiger partial charge in [-0.25, -0.2) is 9.97 Å². The van der Waals surface area contributed by atoms with E-state index in [0.29, 0.717) is 23.6 Å². The summed E-state index contributed by atoms with van der Waals surface area (Å²) in [5.41, 5.74) is 6.19. The molecule has 0 aromatic carbocycles. The van der Waals surface area contributed by atoms with Crippen LogP contribution in [-0.2, 0) is 11.3 Å². The van der Waals surface area contributed by atoms with Crippen LogP contribution in [-0.4, -0.2) is 20.4 Å². The van der Waals surface area contributed by atoms with Crippen molar-refractivity contribution in [3.05, 3.63) is 27.1 Å². The zero-order valence-electron chi connectivity index (χ0n) is 14.7. The topological polar surface area (TPSA) is 88.9 Å². The third kappa shape index (κ3) is 3.11. The molecule has 0 bridgehead atoms. The Labute approximate surface area is 159 Å². The van der Waals surface area contributed by atoms with E-state index in [2.05, 4.69) is 43.7 Å². The summed E-state index contributed by atoms with van der Waals surface area (Å²) in [5.74, 6) is 0.600. The predicted molar refractivity (Wildman–Crippen MR) is 103 cm³/mol. The van der Waals surface area contributed by atoms with E-state index < -0.39 is 0 Å². The van der Waals surface area contributed by atoms with Crippen LogP contribution in [0, 0.1) is 11.3 Å². The zero-order valence-corrected chi connectivity index (χ0v) is 16.3. The SMILES string of the molecule is CCCCn1c(=O)c(NNC(=O)C2(C3CC3)CC2)nc2ncc(Br)cc21. The minimum atomic E-state index is -0.248. The van der Waals surface area contributed by atoms with E-state index in [9.17, 15) is 9.59 Å². The number of pyridine rings is 1. The predicted octanol–water partition coefficient (Wildman–Crippen LogP) is 2.99. The molecule has 0 radical (unpaired) electrons. The van der Waals surface area contributed by atoms with Crippen molar-refractivity contribution in [2.45, 2.75) is 52.0 Å². The third-order valence-electron chi connectivity index (χ3n) is 5.40. The lowest BCUT2D eigenvalue weighted by Gasteiger charge is -2.16. The highest BCUT2D eigenvalue weighted by atomic mass is 79.9. The second-order valence-electron chi connectivity index (χ2n) is 7.28. The molecule has 0 unspecified atom stereocenters. The lowest BCUT2D eigenvalue weighted by atomic mass is 10.0. The van der Waals surface area contributed by atoms with Gasteiger partial charge in [0.25, 0.3) is 5.56 Å². The van der Waals surface area contributed by atoms with Gasteiger partial charge in [0.15, 0.2) is 5.65 Å². The standard InChI is InChI=1S/C18H22BrN5O2/c1-2-3-8-24-13-9-12(19)10-20-14(13)21-15(16(24)25)22-23-17(26)18(6-7-18)11-4-5-11/h9-11H,2-8H2,1H3,(H,23,26)(H,20,21,22). The molecule has 0 atom stereocenters. The van der Waals surface area contributed by atoms with Crippen LogP contribution in [0.5, 0.6) is 0 Å². The number of carbonyl (C=O) groups excluding carboxylic acids is 1. The van der Waals surface area contributed by atoms with Crippen molar-refractivity contribution in [3.63, 3.8) is 0 Å². The van der Waals surface area contributed by atoms with Crippen molar-refractivity contribution < 1.29 is 4.79 Å². The van der Waals surface area contributed by atoms with Gasteiger partial charge in [-0.15, -0.1) is 0 Å². The summed E-state index contributed by atoms with van der Waals surface area (Å²) in [6.07, 6.45) is 7.63. The molecule has 7 nitrogen and oxygen atoms in total. The Morgan fingerprint density at radius 1 is 1.42 bits per heavy atom. The monoisotopic (exact) mass is 419 g/mol. The van der Waals surface area contributed by atoms with Crippen molar-refractivity contribution in [2.24, 2.45) is 11.3 Å². The molecule has 2 aliphatic carbocycles. The highest BCUT2D eigenvalue weighted by Crippen LogP contribution is 2.61. The number of anilines is 1. The molecule has 26 heavy (non-hydrogen) atoms. The van der Waals surface area contributed by atoms with Crippen LogP contribution in [0.2, 0.25) is 0 Å². The number of aromatic nitrogens is 3. The van der Waals surface area contributed by atoms with Gasteiger partial charge in [0.05, 0.1) is 10.9 Å². The molecule has 0 saturated heterocycles. The van der Waals surface area contributed by atoms with Crippen molar-refractivity contribution >= 4 is 38.8 Å². The molecule has 1 amide bonds. The molecular formula is C18H22BrN5O2. The van der Waals surface area contributed by atoms with Gasteiger partial charge in [-0.05, 0) is 60.0 Å². The van der Waals surface area contributed by atoms with Crippen molar-refractivity contribution in [2.75, 3.05) is 5.43 Å². The number of carbonyl (C=O) groups is 1. The normalized spacial score (nSPS) is 17.9. The number of nitrogens with one attached hydrogen (secondary N) is 2. The molecule has 2 heterocycles. The molecule has 2 aliphatic rings. The smallest absolute Gasteiger partial charge is 0.295 e. The Morgan fingerprint density at radius 3 is 2.85 bits per heavy atom. The molecule has 4 rings (SSSR count). The first-order valence-corrected chi connectivity index (χ1v) is 9.97. The van der Waals surface area contributed by atoms with Gasteiger partial charge < -0.3 is 4.57 Å². The fourth-order valence-corrected chi connectivity index (χ4v) is 3.87. The average Bonchev–Trinajstić information content (AvgIpc) is 3.51. The number of halogens is 1. The van der Waals surface area contributed by atoms with Crippen LogP contribution in [0.3, 0.4) is 0 Å². The molecule has 2 aromatic rings. The van der Waals surface area contributed by atoms with Gasteiger partial charge in [0, 0.05) is 17.2 Å². The molecular weight excluding hydrogens is 398 g/mol. The maximum Gasteiger partial charge on any atom is 0.295 e. The molecule has 8 heteroatoms. The summed E-state index contributed by atoms with van der Waals surface area (Å²) >= 11 is 3.40. The Bertz CT molecular complexity index is 918. The van der Waals surface area contributed by atoms with Gasteiger partial charge in [0.1, 0.15) is 0 Å². The number of hydrogen-bond acceptors (Lipinski definition) is 5. The van der Waals surface area contributed by atoms with E-state index in [1.807, 2.05) is 6.07 Å². The zero-order chi connectivity index (χ0) is 18.3. The van der Waals surface area contributed by atoms with Crippen LogP contribution in [0.1, 0.15) is 45.4 Å². The van der Waals surface area contributed by atoms with Gasteiger partial charge in [-0.1, -0.05) is 13.3 Å². The molecule has 2 saturated carbocycles. The Kier molecular flexibility index (Phi) is 4.46. The van der Waals surface area contributed by atoms with Crippen molar-refractivity contribution in [3.8, 4) is 0 Å². The van der Waals surface area contributed by atoms with Crippen LogP contribution in [0.4, 0.5) is 5.82 Å². The molecule has 2 N–H and O–H groups in total. The van der Waals surface area contributed by atoms with Crippen LogP contribution in [0.25, 0.3) is 11.2 Å². The lowest BCUT2D eigenvalue weighted by Crippen LogP contribution is -2.40. The van der Waals surface area contributed by atoms with Crippen molar-refractivity contribution in [1.82, 2.24) is 20.0 Å². The summed E-state index contributed by atoms with van der Waals surface area (Å²) < 4.78 is 2.47. The van der Waals surface area contributed by atoms with E-state index in [1.54, 1.807) is 10.8 Å². The first-order chi connectivity index (χ1) is 12.5. The minimum Gasteiger partial charge on any atom is -0.302 e. The van der Waals surface area contributed by atoms with Gasteiger partial charge in [-0.2, -0.15) is 0 Å². The van der Waals surface area contributed by atoms with E-state index in [-0.39, 0.29) is 22.7 Å². The van der Waals surface area contributed by atoms with E-state index in [0.717, 1.165) is 43.0 Å². The summed E-state index contributed by atoms with van der Waals surface area (Å²) in [6, 6.07) is 1.85. The molecule has 2 aromatic heterocycles. The number of fused-ring (bicyclic) bond motifs is 1. The Hall–Kier alpha value is -1.96. The number of aryl methyl sites for hydroxylation is 1. The highest BCUT2D eigenvalue weighted by molar-refractivity contribution is 9.10. The lowest BCUT2D eigenvalue weighted by molar-refractivity contribution is -0.126.